The number of H-pyrrole nitrogens is 1. The number of ketones is 1. The number of methoxy groups -OCH3 is 1. The number of aryl methyl sites for hydroxylation is 3. The van der Waals surface area contributed by atoms with Crippen molar-refractivity contribution in [3.63, 3.8) is 0 Å². The third kappa shape index (κ3) is 2.26. The SMILES string of the molecule is COc1cc(C)cc2c(CCC(C)=O)c(C)[nH]c12. The fourth-order valence-corrected chi connectivity index (χ4v) is 2.37. The Morgan fingerprint density at radius 3 is 2.67 bits per heavy atom. The second-order valence-corrected chi connectivity index (χ2v) is 4.82. The van der Waals surface area contributed by atoms with E-state index in [1.165, 1.54) is 16.5 Å². The van der Waals surface area contributed by atoms with E-state index >= 15 is 0 Å². The number of carbonyl (C=O) groups excluding carboxylic acids is 1. The van der Waals surface area contributed by atoms with Gasteiger partial charge in [0.2, 0.25) is 0 Å². The minimum absolute atomic E-state index is 0.225. The number of hydrogen-bond donors (Lipinski definition) is 1. The lowest BCUT2D eigenvalue weighted by atomic mass is 10.0. The van der Waals surface area contributed by atoms with Gasteiger partial charge < -0.3 is 14.5 Å². The Morgan fingerprint density at radius 1 is 1.33 bits per heavy atom. The van der Waals surface area contributed by atoms with Crippen LogP contribution in [0.2, 0.25) is 0 Å². The van der Waals surface area contributed by atoms with Gasteiger partial charge in [-0.1, -0.05) is 0 Å². The van der Waals surface area contributed by atoms with Gasteiger partial charge in [-0.15, -0.1) is 0 Å². The zero-order valence-corrected chi connectivity index (χ0v) is 11.4. The molecule has 1 heterocycles. The third-order valence-corrected chi connectivity index (χ3v) is 3.28. The van der Waals surface area contributed by atoms with Gasteiger partial charge in [-0.25, -0.2) is 0 Å². The summed E-state index contributed by atoms with van der Waals surface area (Å²) in [5, 5.41) is 1.17. The summed E-state index contributed by atoms with van der Waals surface area (Å²) in [5.74, 6) is 1.09. The quantitative estimate of drug-likeness (QED) is 0.897. The third-order valence-electron chi connectivity index (χ3n) is 3.28. The molecule has 0 fully saturated rings. The molecule has 1 aromatic carbocycles. The molecule has 0 aliphatic carbocycles. The molecule has 3 heteroatoms. The van der Waals surface area contributed by atoms with E-state index in [1.807, 2.05) is 13.0 Å². The van der Waals surface area contributed by atoms with Gasteiger partial charge in [0, 0.05) is 17.5 Å². The van der Waals surface area contributed by atoms with Crippen molar-refractivity contribution in [2.45, 2.75) is 33.6 Å². The lowest BCUT2D eigenvalue weighted by Gasteiger charge is -2.04. The molecule has 2 rings (SSSR count). The summed E-state index contributed by atoms with van der Waals surface area (Å²) in [5.41, 5.74) is 4.54. The maximum absolute atomic E-state index is 11.1. The number of hydrogen-bond acceptors (Lipinski definition) is 2. The fourth-order valence-electron chi connectivity index (χ4n) is 2.37. The van der Waals surface area contributed by atoms with Crippen LogP contribution in [-0.2, 0) is 11.2 Å². The van der Waals surface area contributed by atoms with E-state index < -0.39 is 0 Å². The summed E-state index contributed by atoms with van der Waals surface area (Å²) < 4.78 is 5.40. The molecule has 0 atom stereocenters. The van der Waals surface area contributed by atoms with E-state index in [1.54, 1.807) is 14.0 Å². The van der Waals surface area contributed by atoms with Crippen LogP contribution in [0.25, 0.3) is 10.9 Å². The Morgan fingerprint density at radius 2 is 2.06 bits per heavy atom. The van der Waals surface area contributed by atoms with Crippen LogP contribution in [0.15, 0.2) is 12.1 Å². The van der Waals surface area contributed by atoms with Crippen molar-refractivity contribution in [2.75, 3.05) is 7.11 Å². The summed E-state index contributed by atoms with van der Waals surface area (Å²) in [6.45, 7) is 5.74. The second-order valence-electron chi connectivity index (χ2n) is 4.82. The molecule has 0 aliphatic heterocycles. The average Bonchev–Trinajstić information content (AvgIpc) is 2.61. The average molecular weight is 245 g/mol. The Hall–Kier alpha value is -1.77. The molecule has 0 saturated heterocycles. The highest BCUT2D eigenvalue weighted by Crippen LogP contribution is 2.31. The molecule has 0 radical (unpaired) electrons. The van der Waals surface area contributed by atoms with E-state index in [9.17, 15) is 4.79 Å². The topological polar surface area (TPSA) is 42.1 Å². The van der Waals surface area contributed by atoms with Crippen molar-refractivity contribution in [2.24, 2.45) is 0 Å². The summed E-state index contributed by atoms with van der Waals surface area (Å²) in [6.07, 6.45) is 1.37. The highest BCUT2D eigenvalue weighted by molar-refractivity contribution is 5.90. The first kappa shape index (κ1) is 12.7. The normalized spacial score (nSPS) is 10.9. The van der Waals surface area contributed by atoms with Crippen LogP contribution in [0.3, 0.4) is 0 Å². The van der Waals surface area contributed by atoms with Crippen molar-refractivity contribution in [3.05, 3.63) is 29.0 Å². The van der Waals surface area contributed by atoms with Crippen LogP contribution in [0.5, 0.6) is 5.75 Å². The Balaban J connectivity index is 2.55. The number of carbonyl (C=O) groups is 1. The Labute approximate surface area is 107 Å². The zero-order chi connectivity index (χ0) is 13.3. The number of rotatable bonds is 4. The fraction of sp³-hybridized carbons (Fsp3) is 0.400. The molecular weight excluding hydrogens is 226 g/mol. The molecule has 96 valence electrons. The number of aromatic amines is 1. The minimum atomic E-state index is 0.225. The van der Waals surface area contributed by atoms with Crippen LogP contribution < -0.4 is 4.74 Å². The van der Waals surface area contributed by atoms with Gasteiger partial charge in [-0.05, 0) is 50.5 Å². The number of ether oxygens (including phenoxy) is 1. The van der Waals surface area contributed by atoms with Crippen LogP contribution in [-0.4, -0.2) is 17.9 Å². The minimum Gasteiger partial charge on any atom is -0.495 e. The molecule has 0 aliphatic rings. The van der Waals surface area contributed by atoms with E-state index in [0.717, 1.165) is 23.4 Å². The van der Waals surface area contributed by atoms with Gasteiger partial charge in [0.05, 0.1) is 12.6 Å². The van der Waals surface area contributed by atoms with Crippen LogP contribution in [0.4, 0.5) is 0 Å². The molecule has 1 aromatic heterocycles. The predicted octanol–water partition coefficient (Wildman–Crippen LogP) is 3.31. The van der Waals surface area contributed by atoms with Gasteiger partial charge in [0.15, 0.2) is 0 Å². The van der Waals surface area contributed by atoms with Crippen molar-refractivity contribution in [1.29, 1.82) is 0 Å². The lowest BCUT2D eigenvalue weighted by Crippen LogP contribution is -1.95. The molecule has 0 saturated carbocycles. The van der Waals surface area contributed by atoms with Gasteiger partial charge in [0.1, 0.15) is 11.5 Å². The number of benzene rings is 1. The van der Waals surface area contributed by atoms with Gasteiger partial charge in [-0.2, -0.15) is 0 Å². The molecule has 18 heavy (non-hydrogen) atoms. The first-order valence-corrected chi connectivity index (χ1v) is 6.18. The van der Waals surface area contributed by atoms with Crippen LogP contribution >= 0.6 is 0 Å². The molecule has 0 spiro atoms. The smallest absolute Gasteiger partial charge is 0.143 e. The van der Waals surface area contributed by atoms with E-state index in [-0.39, 0.29) is 5.78 Å². The number of aromatic nitrogens is 1. The monoisotopic (exact) mass is 245 g/mol. The maximum Gasteiger partial charge on any atom is 0.143 e. The van der Waals surface area contributed by atoms with Gasteiger partial charge >= 0.3 is 0 Å². The summed E-state index contributed by atoms with van der Waals surface area (Å²) >= 11 is 0. The predicted molar refractivity (Wildman–Crippen MR) is 73.3 cm³/mol. The molecule has 3 nitrogen and oxygen atoms in total. The molecular formula is C15H19NO2. The van der Waals surface area contributed by atoms with Crippen molar-refractivity contribution in [1.82, 2.24) is 4.98 Å². The standard InChI is InChI=1S/C15H19NO2/c1-9-7-13-12(6-5-10(2)17)11(3)16-15(13)14(8-9)18-4/h7-8,16H,5-6H2,1-4H3. The van der Waals surface area contributed by atoms with Crippen molar-refractivity contribution in [3.8, 4) is 5.75 Å². The molecule has 1 N–H and O–H groups in total. The van der Waals surface area contributed by atoms with E-state index in [0.29, 0.717) is 6.42 Å². The number of fused-ring (bicyclic) bond motifs is 1. The first-order valence-electron chi connectivity index (χ1n) is 6.18. The Kier molecular flexibility index (Phi) is 3.41. The molecule has 0 unspecified atom stereocenters. The number of Topliss-reactive ketones (excluding diaryl/α,β-unsaturated/α-hetero) is 1. The highest BCUT2D eigenvalue weighted by atomic mass is 16.5. The zero-order valence-electron chi connectivity index (χ0n) is 11.4. The molecule has 2 aromatic rings. The first-order chi connectivity index (χ1) is 8.52. The van der Waals surface area contributed by atoms with E-state index in [4.69, 9.17) is 4.74 Å². The second kappa shape index (κ2) is 4.84. The van der Waals surface area contributed by atoms with Crippen molar-refractivity contribution < 1.29 is 9.53 Å². The summed E-state index contributed by atoms with van der Waals surface area (Å²) in [4.78, 5) is 14.5. The highest BCUT2D eigenvalue weighted by Gasteiger charge is 2.13. The largest absolute Gasteiger partial charge is 0.495 e. The van der Waals surface area contributed by atoms with Gasteiger partial charge in [0.25, 0.3) is 0 Å². The maximum atomic E-state index is 11.1. The van der Waals surface area contributed by atoms with Crippen molar-refractivity contribution >= 4 is 16.7 Å². The van der Waals surface area contributed by atoms with Crippen LogP contribution in [0.1, 0.15) is 30.2 Å². The lowest BCUT2D eigenvalue weighted by molar-refractivity contribution is -0.116. The van der Waals surface area contributed by atoms with Gasteiger partial charge in [-0.3, -0.25) is 0 Å². The van der Waals surface area contributed by atoms with Crippen LogP contribution in [0, 0.1) is 13.8 Å². The molecule has 0 amide bonds. The summed E-state index contributed by atoms with van der Waals surface area (Å²) in [6, 6.07) is 4.17. The molecule has 0 bridgehead atoms. The number of nitrogens with one attached hydrogen (secondary N) is 1. The van der Waals surface area contributed by atoms with E-state index in [2.05, 4.69) is 18.0 Å². The Bertz CT molecular complexity index is 596. The summed E-state index contributed by atoms with van der Waals surface area (Å²) in [7, 11) is 1.68.